The molecule has 0 fully saturated rings. The van der Waals surface area contributed by atoms with E-state index in [1.54, 1.807) is 6.92 Å². The number of amides is 1. The number of carbonyl (C=O) groups is 2. The molecule has 3 rings (SSSR count). The number of aryl methyl sites for hydroxylation is 3. The van der Waals surface area contributed by atoms with E-state index in [9.17, 15) is 9.59 Å². The molecule has 0 saturated heterocycles. The highest BCUT2D eigenvalue weighted by atomic mass is 32.1. The lowest BCUT2D eigenvalue weighted by atomic mass is 10.1. The fourth-order valence-electron chi connectivity index (χ4n) is 3.16. The number of carbonyl (C=O) groups excluding carboxylic acids is 2. The summed E-state index contributed by atoms with van der Waals surface area (Å²) in [6, 6.07) is 12.1. The zero-order valence-electron chi connectivity index (χ0n) is 15.3. The Morgan fingerprint density at radius 2 is 1.96 bits per heavy atom. The van der Waals surface area contributed by atoms with Crippen LogP contribution in [-0.2, 0) is 28.8 Å². The van der Waals surface area contributed by atoms with Crippen molar-refractivity contribution in [2.75, 3.05) is 0 Å². The molecule has 1 aliphatic rings. The molecule has 0 spiro atoms. The van der Waals surface area contributed by atoms with E-state index in [1.807, 2.05) is 31.2 Å². The van der Waals surface area contributed by atoms with E-state index in [2.05, 4.69) is 17.4 Å². The van der Waals surface area contributed by atoms with Gasteiger partial charge in [0.15, 0.2) is 6.10 Å². The van der Waals surface area contributed by atoms with Crippen LogP contribution >= 0.6 is 11.3 Å². The maximum absolute atomic E-state index is 12.3. The maximum atomic E-state index is 12.3. The Bertz CT molecular complexity index is 747. The monoisotopic (exact) mass is 371 g/mol. The Morgan fingerprint density at radius 3 is 2.69 bits per heavy atom. The van der Waals surface area contributed by atoms with Gasteiger partial charge in [-0.15, -0.1) is 11.3 Å². The fourth-order valence-corrected chi connectivity index (χ4v) is 4.30. The highest BCUT2D eigenvalue weighted by Crippen LogP contribution is 2.31. The summed E-state index contributed by atoms with van der Waals surface area (Å²) in [5.41, 5.74) is 2.51. The van der Waals surface area contributed by atoms with Crippen LogP contribution < -0.4 is 5.32 Å². The molecule has 5 heteroatoms. The molecule has 0 radical (unpaired) electrons. The number of fused-ring (bicyclic) bond motifs is 1. The smallest absolute Gasteiger partial charge is 0.349 e. The van der Waals surface area contributed by atoms with Crippen LogP contribution in [0.2, 0.25) is 0 Å². The first-order chi connectivity index (χ1) is 12.5. The lowest BCUT2D eigenvalue weighted by Crippen LogP contribution is -2.40. The minimum atomic E-state index is -0.793. The van der Waals surface area contributed by atoms with Gasteiger partial charge in [-0.25, -0.2) is 4.79 Å². The Balaban J connectivity index is 1.45. The summed E-state index contributed by atoms with van der Waals surface area (Å²) in [5, 5.41) is 2.93. The van der Waals surface area contributed by atoms with Crippen LogP contribution in [0.1, 0.15) is 52.4 Å². The highest BCUT2D eigenvalue weighted by molar-refractivity contribution is 7.14. The first-order valence-electron chi connectivity index (χ1n) is 9.20. The number of hydrogen-bond acceptors (Lipinski definition) is 4. The number of thiophene rings is 1. The van der Waals surface area contributed by atoms with Gasteiger partial charge in [-0.05, 0) is 63.1 Å². The van der Waals surface area contributed by atoms with E-state index in [-0.39, 0.29) is 11.9 Å². The number of nitrogens with one attached hydrogen (secondary N) is 1. The second kappa shape index (κ2) is 8.49. The largest absolute Gasteiger partial charge is 0.448 e. The summed E-state index contributed by atoms with van der Waals surface area (Å²) in [6.07, 6.45) is 4.19. The minimum Gasteiger partial charge on any atom is -0.448 e. The third-order valence-corrected chi connectivity index (χ3v) is 5.92. The molecule has 1 heterocycles. The Morgan fingerprint density at radius 1 is 1.19 bits per heavy atom. The van der Waals surface area contributed by atoms with Gasteiger partial charge in [0.05, 0.1) is 0 Å². The van der Waals surface area contributed by atoms with E-state index < -0.39 is 12.1 Å². The molecular weight excluding hydrogens is 346 g/mol. The molecule has 1 amide bonds. The van der Waals surface area contributed by atoms with Crippen LogP contribution in [-0.4, -0.2) is 24.0 Å². The summed E-state index contributed by atoms with van der Waals surface area (Å²) in [7, 11) is 0. The molecular formula is C21H25NO3S. The van der Waals surface area contributed by atoms with Gasteiger partial charge in [-0.2, -0.15) is 0 Å². The van der Waals surface area contributed by atoms with Crippen LogP contribution in [0.3, 0.4) is 0 Å². The fraction of sp³-hybridized carbons (Fsp3) is 0.429. The van der Waals surface area contributed by atoms with Gasteiger partial charge in [0.25, 0.3) is 5.91 Å². The SMILES string of the molecule is C[C@H](OC(=O)c1cc2c(s1)CCC2)C(=O)N[C@@H](C)CCc1ccccc1. The van der Waals surface area contributed by atoms with E-state index in [0.717, 1.165) is 32.1 Å². The average molecular weight is 372 g/mol. The van der Waals surface area contributed by atoms with Gasteiger partial charge in [0.1, 0.15) is 4.88 Å². The summed E-state index contributed by atoms with van der Waals surface area (Å²) in [6.45, 7) is 3.59. The van der Waals surface area contributed by atoms with E-state index in [4.69, 9.17) is 4.74 Å². The van der Waals surface area contributed by atoms with Gasteiger partial charge < -0.3 is 10.1 Å². The molecule has 0 bridgehead atoms. The summed E-state index contributed by atoms with van der Waals surface area (Å²) in [4.78, 5) is 26.4. The number of ether oxygens (including phenoxy) is 1. The molecule has 1 aromatic carbocycles. The molecule has 26 heavy (non-hydrogen) atoms. The zero-order chi connectivity index (χ0) is 18.5. The second-order valence-electron chi connectivity index (χ2n) is 6.89. The number of rotatable bonds is 7. The maximum Gasteiger partial charge on any atom is 0.349 e. The van der Waals surface area contributed by atoms with Crippen LogP contribution in [0.5, 0.6) is 0 Å². The predicted octanol–water partition coefficient (Wildman–Crippen LogP) is 3.92. The molecule has 2 atom stereocenters. The minimum absolute atomic E-state index is 0.0226. The topological polar surface area (TPSA) is 55.4 Å². The summed E-state index contributed by atoms with van der Waals surface area (Å²) >= 11 is 1.50. The number of benzene rings is 1. The van der Waals surface area contributed by atoms with Gasteiger partial charge in [-0.1, -0.05) is 30.3 Å². The van der Waals surface area contributed by atoms with Crippen molar-refractivity contribution in [2.45, 2.75) is 58.1 Å². The highest BCUT2D eigenvalue weighted by Gasteiger charge is 2.23. The molecule has 1 aromatic heterocycles. The van der Waals surface area contributed by atoms with Crippen molar-refractivity contribution in [1.29, 1.82) is 0 Å². The van der Waals surface area contributed by atoms with Gasteiger partial charge in [0.2, 0.25) is 0 Å². The van der Waals surface area contributed by atoms with E-state index >= 15 is 0 Å². The van der Waals surface area contributed by atoms with Crippen molar-refractivity contribution in [3.63, 3.8) is 0 Å². The molecule has 138 valence electrons. The molecule has 0 unspecified atom stereocenters. The van der Waals surface area contributed by atoms with Gasteiger partial charge in [0, 0.05) is 10.9 Å². The normalized spacial score (nSPS) is 15.2. The van der Waals surface area contributed by atoms with Gasteiger partial charge >= 0.3 is 5.97 Å². The molecule has 1 N–H and O–H groups in total. The van der Waals surface area contributed by atoms with Crippen LogP contribution in [0.25, 0.3) is 0 Å². The second-order valence-corrected chi connectivity index (χ2v) is 8.03. The van der Waals surface area contributed by atoms with Crippen molar-refractivity contribution in [3.8, 4) is 0 Å². The third kappa shape index (κ3) is 4.73. The summed E-state index contributed by atoms with van der Waals surface area (Å²) < 4.78 is 5.36. The lowest BCUT2D eigenvalue weighted by Gasteiger charge is -2.18. The van der Waals surface area contributed by atoms with Crippen molar-refractivity contribution in [2.24, 2.45) is 0 Å². The van der Waals surface area contributed by atoms with Crippen molar-refractivity contribution >= 4 is 23.2 Å². The van der Waals surface area contributed by atoms with Crippen LogP contribution in [0.15, 0.2) is 36.4 Å². The lowest BCUT2D eigenvalue weighted by molar-refractivity contribution is -0.129. The van der Waals surface area contributed by atoms with Crippen LogP contribution in [0, 0.1) is 0 Å². The van der Waals surface area contributed by atoms with E-state index in [1.165, 1.54) is 27.3 Å². The van der Waals surface area contributed by atoms with Crippen molar-refractivity contribution in [3.05, 3.63) is 57.3 Å². The van der Waals surface area contributed by atoms with Crippen molar-refractivity contribution in [1.82, 2.24) is 5.32 Å². The van der Waals surface area contributed by atoms with Crippen LogP contribution in [0.4, 0.5) is 0 Å². The Labute approximate surface area is 158 Å². The van der Waals surface area contributed by atoms with E-state index in [0.29, 0.717) is 4.88 Å². The first kappa shape index (κ1) is 18.6. The molecule has 4 nitrogen and oxygen atoms in total. The first-order valence-corrected chi connectivity index (χ1v) is 10.0. The third-order valence-electron chi connectivity index (χ3n) is 4.70. The zero-order valence-corrected chi connectivity index (χ0v) is 16.1. The quantitative estimate of drug-likeness (QED) is 0.751. The average Bonchev–Trinajstić information content (AvgIpc) is 3.22. The van der Waals surface area contributed by atoms with Crippen molar-refractivity contribution < 1.29 is 14.3 Å². The summed E-state index contributed by atoms with van der Waals surface area (Å²) in [5.74, 6) is -0.646. The molecule has 0 saturated carbocycles. The standard InChI is InChI=1S/C21H25NO3S/c1-14(11-12-16-7-4-3-5-8-16)22-20(23)15(2)25-21(24)19-13-17-9-6-10-18(17)26-19/h3-5,7-8,13-15H,6,9-12H2,1-2H3,(H,22,23)/t14-,15-/m0/s1. The van der Waals surface area contributed by atoms with Gasteiger partial charge in [-0.3, -0.25) is 4.79 Å². The number of esters is 1. The molecule has 2 aromatic rings. The predicted molar refractivity (Wildman–Crippen MR) is 104 cm³/mol. The molecule has 0 aliphatic heterocycles. The number of hydrogen-bond donors (Lipinski definition) is 1. The Kier molecular flexibility index (Phi) is 6.09. The Hall–Kier alpha value is -2.14. The molecule has 1 aliphatic carbocycles.